The van der Waals surface area contributed by atoms with E-state index in [4.69, 9.17) is 6.42 Å². The topological polar surface area (TPSA) is 26.3 Å². The van der Waals surface area contributed by atoms with Gasteiger partial charge in [-0.05, 0) is 12.8 Å². The highest BCUT2D eigenvalue weighted by Crippen LogP contribution is 2.42. The van der Waals surface area contributed by atoms with Crippen molar-refractivity contribution in [1.82, 2.24) is 0 Å². The van der Waals surface area contributed by atoms with Gasteiger partial charge in [0.2, 0.25) is 0 Å². The van der Waals surface area contributed by atoms with Crippen molar-refractivity contribution in [2.24, 2.45) is 0 Å². The van der Waals surface area contributed by atoms with Crippen LogP contribution in [0.1, 0.15) is 18.1 Å². The molecule has 0 aliphatic heterocycles. The number of hydrogen-bond donors (Lipinski definition) is 0. The number of hydrogen-bond acceptors (Lipinski definition) is 2. The molecule has 0 fully saturated rings. The van der Waals surface area contributed by atoms with E-state index in [2.05, 4.69) is 4.74 Å². The second kappa shape index (κ2) is 4.73. The van der Waals surface area contributed by atoms with Crippen molar-refractivity contribution in [3.05, 3.63) is 35.4 Å². The number of esters is 1. The SMILES string of the molecule is C#C[C@](OC(C)=O)(c1ccc(C)cc1)C(F)(F)F. The fourth-order valence-corrected chi connectivity index (χ4v) is 1.48. The minimum absolute atomic E-state index is 0.293. The molecule has 0 saturated carbocycles. The van der Waals surface area contributed by atoms with Gasteiger partial charge in [-0.25, -0.2) is 0 Å². The summed E-state index contributed by atoms with van der Waals surface area (Å²) < 4.78 is 43.7. The molecule has 0 aliphatic carbocycles. The first-order valence-corrected chi connectivity index (χ1v) is 5.04. The number of alkyl halides is 3. The lowest BCUT2D eigenvalue weighted by molar-refractivity contribution is -0.252. The summed E-state index contributed by atoms with van der Waals surface area (Å²) in [5.41, 5.74) is -2.56. The van der Waals surface area contributed by atoms with Gasteiger partial charge in [-0.2, -0.15) is 13.2 Å². The van der Waals surface area contributed by atoms with Gasteiger partial charge in [0.05, 0.1) is 0 Å². The maximum absolute atomic E-state index is 13.1. The van der Waals surface area contributed by atoms with Crippen molar-refractivity contribution in [1.29, 1.82) is 0 Å². The van der Waals surface area contributed by atoms with Crippen LogP contribution in [0.2, 0.25) is 0 Å². The molecule has 0 saturated heterocycles. The highest BCUT2D eigenvalue weighted by Gasteiger charge is 2.58. The normalized spacial score (nSPS) is 14.4. The fourth-order valence-electron chi connectivity index (χ4n) is 1.48. The smallest absolute Gasteiger partial charge is 0.432 e. The van der Waals surface area contributed by atoms with Crippen LogP contribution in [-0.4, -0.2) is 12.1 Å². The van der Waals surface area contributed by atoms with Gasteiger partial charge < -0.3 is 4.74 Å². The summed E-state index contributed by atoms with van der Waals surface area (Å²) in [6.07, 6.45) is 0.0788. The number of halogens is 3. The van der Waals surface area contributed by atoms with Crippen LogP contribution in [-0.2, 0) is 15.1 Å². The molecule has 0 unspecified atom stereocenters. The molecule has 1 atom stereocenters. The number of ether oxygens (including phenoxy) is 1. The van der Waals surface area contributed by atoms with Crippen molar-refractivity contribution in [2.75, 3.05) is 0 Å². The standard InChI is InChI=1S/C13H11F3O2/c1-4-12(13(14,15)16,18-10(3)17)11-7-5-9(2)6-8-11/h1,5-8H,2-3H3/t12-/m0/s1. The first kappa shape index (κ1) is 14.1. The number of carbonyl (C=O) groups is 1. The van der Waals surface area contributed by atoms with Gasteiger partial charge in [0.1, 0.15) is 0 Å². The molecule has 0 N–H and O–H groups in total. The third-order valence-corrected chi connectivity index (χ3v) is 2.36. The summed E-state index contributed by atoms with van der Waals surface area (Å²) in [4.78, 5) is 10.9. The Balaban J connectivity index is 3.41. The minimum Gasteiger partial charge on any atom is -0.432 e. The summed E-state index contributed by atoms with van der Waals surface area (Å²) in [6.45, 7) is 2.60. The second-order valence-corrected chi connectivity index (χ2v) is 3.78. The van der Waals surface area contributed by atoms with Crippen LogP contribution in [0.5, 0.6) is 0 Å². The van der Waals surface area contributed by atoms with Crippen LogP contribution < -0.4 is 0 Å². The molecule has 1 aromatic rings. The quantitative estimate of drug-likeness (QED) is 0.600. The van der Waals surface area contributed by atoms with Gasteiger partial charge >= 0.3 is 12.1 Å². The van der Waals surface area contributed by atoms with Gasteiger partial charge in [-0.3, -0.25) is 4.79 Å². The number of aryl methyl sites for hydroxylation is 1. The van der Waals surface area contributed by atoms with E-state index in [1.54, 1.807) is 12.8 Å². The third-order valence-electron chi connectivity index (χ3n) is 2.36. The highest BCUT2D eigenvalue weighted by atomic mass is 19.4. The second-order valence-electron chi connectivity index (χ2n) is 3.78. The van der Waals surface area contributed by atoms with Gasteiger partial charge in [-0.1, -0.05) is 29.8 Å². The first-order chi connectivity index (χ1) is 8.23. The zero-order chi connectivity index (χ0) is 14.0. The third kappa shape index (κ3) is 2.48. The van der Waals surface area contributed by atoms with Crippen LogP contribution in [0, 0.1) is 19.3 Å². The molecule has 0 spiro atoms. The molecule has 18 heavy (non-hydrogen) atoms. The number of terminal acetylenes is 1. The summed E-state index contributed by atoms with van der Waals surface area (Å²) in [7, 11) is 0. The van der Waals surface area contributed by atoms with E-state index in [0.717, 1.165) is 12.5 Å². The average Bonchev–Trinajstić information content (AvgIpc) is 2.25. The lowest BCUT2D eigenvalue weighted by Gasteiger charge is -2.30. The predicted octanol–water partition coefficient (Wildman–Crippen LogP) is 2.95. The van der Waals surface area contributed by atoms with E-state index < -0.39 is 17.7 Å². The predicted molar refractivity (Wildman–Crippen MR) is 59.5 cm³/mol. The number of rotatable bonds is 2. The molecular formula is C13H11F3O2. The zero-order valence-electron chi connectivity index (χ0n) is 9.84. The van der Waals surface area contributed by atoms with E-state index in [1.165, 1.54) is 24.3 Å². The molecule has 0 amide bonds. The summed E-state index contributed by atoms with van der Waals surface area (Å²) in [6, 6.07) is 5.34. The molecule has 1 rings (SSSR count). The van der Waals surface area contributed by atoms with Gasteiger partial charge in [-0.15, -0.1) is 6.42 Å². The molecule has 2 nitrogen and oxygen atoms in total. The lowest BCUT2D eigenvalue weighted by atomic mass is 9.93. The van der Waals surface area contributed by atoms with Crippen molar-refractivity contribution in [3.8, 4) is 12.3 Å². The molecule has 5 heteroatoms. The van der Waals surface area contributed by atoms with Crippen LogP contribution in [0.15, 0.2) is 24.3 Å². The Bertz CT molecular complexity index is 482. The van der Waals surface area contributed by atoms with E-state index >= 15 is 0 Å². The van der Waals surface area contributed by atoms with Crippen LogP contribution in [0.25, 0.3) is 0 Å². The molecule has 1 aromatic carbocycles. The molecule has 96 valence electrons. The molecule has 0 radical (unpaired) electrons. The Hall–Kier alpha value is -1.96. The van der Waals surface area contributed by atoms with Crippen LogP contribution in [0.4, 0.5) is 13.2 Å². The van der Waals surface area contributed by atoms with Crippen molar-refractivity contribution >= 4 is 5.97 Å². The Labute approximate surface area is 103 Å². The fraction of sp³-hybridized carbons (Fsp3) is 0.308. The number of carbonyl (C=O) groups excluding carboxylic acids is 1. The lowest BCUT2D eigenvalue weighted by Crippen LogP contribution is -2.44. The molecule has 0 bridgehead atoms. The van der Waals surface area contributed by atoms with Crippen molar-refractivity contribution in [3.63, 3.8) is 0 Å². The highest BCUT2D eigenvalue weighted by molar-refractivity contribution is 5.67. The largest absolute Gasteiger partial charge is 0.445 e. The van der Waals surface area contributed by atoms with E-state index in [-0.39, 0.29) is 5.56 Å². The minimum atomic E-state index is -4.89. The summed E-state index contributed by atoms with van der Waals surface area (Å²) in [5.74, 6) is 0.463. The van der Waals surface area contributed by atoms with Crippen LogP contribution in [0.3, 0.4) is 0 Å². The zero-order valence-corrected chi connectivity index (χ0v) is 9.84. The maximum atomic E-state index is 13.1. The van der Waals surface area contributed by atoms with Gasteiger partial charge in [0, 0.05) is 12.5 Å². The molecule has 0 aliphatic rings. The Morgan fingerprint density at radius 2 is 1.78 bits per heavy atom. The Kier molecular flexibility index (Phi) is 3.70. The van der Waals surface area contributed by atoms with Crippen molar-refractivity contribution < 1.29 is 22.7 Å². The van der Waals surface area contributed by atoms with E-state index in [1.807, 2.05) is 0 Å². The van der Waals surface area contributed by atoms with Gasteiger partial charge in [0.25, 0.3) is 5.60 Å². The first-order valence-electron chi connectivity index (χ1n) is 5.04. The van der Waals surface area contributed by atoms with Crippen LogP contribution >= 0.6 is 0 Å². The number of benzene rings is 1. The molecule has 0 aromatic heterocycles. The van der Waals surface area contributed by atoms with E-state index in [9.17, 15) is 18.0 Å². The monoisotopic (exact) mass is 256 g/mol. The van der Waals surface area contributed by atoms with Crippen molar-refractivity contribution in [2.45, 2.75) is 25.6 Å². The summed E-state index contributed by atoms with van der Waals surface area (Å²) in [5, 5.41) is 0. The van der Waals surface area contributed by atoms with Gasteiger partial charge in [0.15, 0.2) is 0 Å². The Morgan fingerprint density at radius 1 is 1.28 bits per heavy atom. The molecule has 0 heterocycles. The Morgan fingerprint density at radius 3 is 2.11 bits per heavy atom. The van der Waals surface area contributed by atoms with E-state index in [0.29, 0.717) is 0 Å². The maximum Gasteiger partial charge on any atom is 0.445 e. The molecular weight excluding hydrogens is 245 g/mol. The summed E-state index contributed by atoms with van der Waals surface area (Å²) >= 11 is 0. The average molecular weight is 256 g/mol.